The average Bonchev–Trinajstić information content (AvgIpc) is 2.30. The van der Waals surface area contributed by atoms with E-state index in [1.54, 1.807) is 0 Å². The van der Waals surface area contributed by atoms with E-state index in [1.807, 2.05) is 13.0 Å². The molecule has 0 aliphatic rings. The molecule has 0 amide bonds. The zero-order valence-electron chi connectivity index (χ0n) is 10.0. The molecule has 0 heterocycles. The maximum Gasteiger partial charge on any atom is 0.197 e. The van der Waals surface area contributed by atoms with Crippen LogP contribution in [0.15, 0.2) is 18.7 Å². The molecule has 0 fully saturated rings. The maximum absolute atomic E-state index is 5.81. The van der Waals surface area contributed by atoms with Crippen LogP contribution in [0.3, 0.4) is 0 Å². The standard InChI is InChI=1S/C13H16I2O2/c1-4-6-16-9(3)17-13-11(14)7-10(5-2)8-12(13)15/h5,7-9H,2,4,6H2,1,3H3. The number of hydrogen-bond donors (Lipinski definition) is 0. The summed E-state index contributed by atoms with van der Waals surface area (Å²) in [5, 5.41) is 0. The predicted molar refractivity (Wildman–Crippen MR) is 88.3 cm³/mol. The molecular weight excluding hydrogens is 442 g/mol. The van der Waals surface area contributed by atoms with Crippen LogP contribution in [0.2, 0.25) is 0 Å². The van der Waals surface area contributed by atoms with Crippen LogP contribution in [-0.4, -0.2) is 12.9 Å². The van der Waals surface area contributed by atoms with Crippen molar-refractivity contribution in [3.8, 4) is 5.75 Å². The maximum atomic E-state index is 5.81. The third-order valence-electron chi connectivity index (χ3n) is 2.10. The highest BCUT2D eigenvalue weighted by molar-refractivity contribution is 14.1. The highest BCUT2D eigenvalue weighted by Gasteiger charge is 2.11. The first-order chi connectivity index (χ1) is 8.08. The first-order valence-corrected chi connectivity index (χ1v) is 7.64. The molecule has 0 saturated heterocycles. The SMILES string of the molecule is C=Cc1cc(I)c(OC(C)OCCC)c(I)c1. The van der Waals surface area contributed by atoms with Gasteiger partial charge in [-0.3, -0.25) is 0 Å². The van der Waals surface area contributed by atoms with Crippen molar-refractivity contribution in [3.05, 3.63) is 31.4 Å². The molecule has 0 radical (unpaired) electrons. The second-order valence-electron chi connectivity index (χ2n) is 3.57. The Kier molecular flexibility index (Phi) is 6.79. The highest BCUT2D eigenvalue weighted by atomic mass is 127. The zero-order valence-corrected chi connectivity index (χ0v) is 14.3. The average molecular weight is 458 g/mol. The van der Waals surface area contributed by atoms with Gasteiger partial charge in [-0.1, -0.05) is 19.6 Å². The molecule has 17 heavy (non-hydrogen) atoms. The number of hydrogen-bond acceptors (Lipinski definition) is 2. The lowest BCUT2D eigenvalue weighted by Crippen LogP contribution is -2.18. The molecule has 1 aromatic rings. The molecule has 0 bridgehead atoms. The summed E-state index contributed by atoms with van der Waals surface area (Å²) in [6.07, 6.45) is 2.62. The van der Waals surface area contributed by atoms with Gasteiger partial charge in [-0.2, -0.15) is 0 Å². The van der Waals surface area contributed by atoms with Crippen LogP contribution in [0.25, 0.3) is 6.08 Å². The van der Waals surface area contributed by atoms with Gasteiger partial charge in [0.25, 0.3) is 0 Å². The third kappa shape index (κ3) is 4.75. The molecule has 0 aromatic heterocycles. The Labute approximate surface area is 130 Å². The second kappa shape index (κ2) is 7.58. The summed E-state index contributed by atoms with van der Waals surface area (Å²) in [6, 6.07) is 4.11. The van der Waals surface area contributed by atoms with Crippen LogP contribution >= 0.6 is 45.2 Å². The first-order valence-electron chi connectivity index (χ1n) is 5.48. The van der Waals surface area contributed by atoms with E-state index < -0.39 is 0 Å². The molecule has 94 valence electrons. The van der Waals surface area contributed by atoms with Gasteiger partial charge in [-0.15, -0.1) is 0 Å². The molecule has 1 aromatic carbocycles. The lowest BCUT2D eigenvalue weighted by atomic mass is 10.2. The van der Waals surface area contributed by atoms with Gasteiger partial charge in [-0.25, -0.2) is 0 Å². The topological polar surface area (TPSA) is 18.5 Å². The number of ether oxygens (including phenoxy) is 2. The van der Waals surface area contributed by atoms with Gasteiger partial charge in [0, 0.05) is 0 Å². The fourth-order valence-corrected chi connectivity index (χ4v) is 3.36. The normalized spacial score (nSPS) is 12.2. The summed E-state index contributed by atoms with van der Waals surface area (Å²) < 4.78 is 13.5. The predicted octanol–water partition coefficient (Wildman–Crippen LogP) is 4.69. The Morgan fingerprint density at radius 3 is 2.41 bits per heavy atom. The van der Waals surface area contributed by atoms with Crippen LogP contribution < -0.4 is 4.74 Å². The monoisotopic (exact) mass is 458 g/mol. The minimum atomic E-state index is -0.216. The number of halogens is 2. The Bertz CT molecular complexity index is 368. The van der Waals surface area contributed by atoms with Gasteiger partial charge in [0.15, 0.2) is 6.29 Å². The molecule has 4 heteroatoms. The van der Waals surface area contributed by atoms with Gasteiger partial charge in [0.1, 0.15) is 5.75 Å². The summed E-state index contributed by atoms with van der Waals surface area (Å²) in [6.45, 7) is 8.50. The van der Waals surface area contributed by atoms with Crippen LogP contribution in [0.4, 0.5) is 0 Å². The molecule has 0 aliphatic carbocycles. The van der Waals surface area contributed by atoms with Crippen molar-refractivity contribution in [2.24, 2.45) is 0 Å². The van der Waals surface area contributed by atoms with E-state index in [2.05, 4.69) is 70.8 Å². The molecule has 0 N–H and O–H groups in total. The van der Waals surface area contributed by atoms with Crippen LogP contribution in [0, 0.1) is 7.14 Å². The Balaban J connectivity index is 2.80. The van der Waals surface area contributed by atoms with E-state index in [-0.39, 0.29) is 6.29 Å². The van der Waals surface area contributed by atoms with Gasteiger partial charge in [-0.05, 0) is 76.2 Å². The van der Waals surface area contributed by atoms with Crippen LogP contribution in [0.1, 0.15) is 25.8 Å². The van der Waals surface area contributed by atoms with Crippen LogP contribution in [-0.2, 0) is 4.74 Å². The summed E-state index contributed by atoms with van der Waals surface area (Å²) in [4.78, 5) is 0. The van der Waals surface area contributed by atoms with E-state index in [0.717, 1.165) is 31.5 Å². The quantitative estimate of drug-likeness (QED) is 0.455. The van der Waals surface area contributed by atoms with Crippen LogP contribution in [0.5, 0.6) is 5.75 Å². The van der Waals surface area contributed by atoms with Crippen molar-refractivity contribution in [1.29, 1.82) is 0 Å². The van der Waals surface area contributed by atoms with Crippen molar-refractivity contribution in [2.75, 3.05) is 6.61 Å². The molecular formula is C13H16I2O2. The smallest absolute Gasteiger partial charge is 0.197 e. The molecule has 1 atom stereocenters. The molecule has 1 unspecified atom stereocenters. The van der Waals surface area contributed by atoms with Crippen molar-refractivity contribution in [2.45, 2.75) is 26.6 Å². The van der Waals surface area contributed by atoms with Crippen molar-refractivity contribution in [3.63, 3.8) is 0 Å². The Morgan fingerprint density at radius 1 is 1.35 bits per heavy atom. The number of benzene rings is 1. The van der Waals surface area contributed by atoms with E-state index in [9.17, 15) is 0 Å². The Hall–Kier alpha value is 0.180. The number of rotatable bonds is 6. The lowest BCUT2D eigenvalue weighted by molar-refractivity contribution is -0.0671. The lowest BCUT2D eigenvalue weighted by Gasteiger charge is -2.17. The molecule has 2 nitrogen and oxygen atoms in total. The van der Waals surface area contributed by atoms with Gasteiger partial charge >= 0.3 is 0 Å². The Morgan fingerprint density at radius 2 is 1.94 bits per heavy atom. The minimum absolute atomic E-state index is 0.216. The van der Waals surface area contributed by atoms with E-state index in [0.29, 0.717) is 0 Å². The first kappa shape index (κ1) is 15.2. The largest absolute Gasteiger partial charge is 0.463 e. The van der Waals surface area contributed by atoms with E-state index >= 15 is 0 Å². The molecule has 0 spiro atoms. The zero-order chi connectivity index (χ0) is 12.8. The molecule has 1 rings (SSSR count). The van der Waals surface area contributed by atoms with Crippen molar-refractivity contribution in [1.82, 2.24) is 0 Å². The summed E-state index contributed by atoms with van der Waals surface area (Å²) in [5.41, 5.74) is 1.10. The fraction of sp³-hybridized carbons (Fsp3) is 0.385. The fourth-order valence-electron chi connectivity index (χ4n) is 1.29. The third-order valence-corrected chi connectivity index (χ3v) is 3.70. The van der Waals surface area contributed by atoms with Crippen molar-refractivity contribution < 1.29 is 9.47 Å². The van der Waals surface area contributed by atoms with E-state index in [4.69, 9.17) is 9.47 Å². The van der Waals surface area contributed by atoms with Gasteiger partial charge in [0.2, 0.25) is 0 Å². The second-order valence-corrected chi connectivity index (χ2v) is 5.90. The van der Waals surface area contributed by atoms with E-state index in [1.165, 1.54) is 0 Å². The summed E-state index contributed by atoms with van der Waals surface area (Å²) in [7, 11) is 0. The van der Waals surface area contributed by atoms with Crippen molar-refractivity contribution >= 4 is 51.3 Å². The molecule has 0 aliphatic heterocycles. The van der Waals surface area contributed by atoms with Gasteiger partial charge in [0.05, 0.1) is 13.7 Å². The summed E-state index contributed by atoms with van der Waals surface area (Å²) >= 11 is 4.55. The van der Waals surface area contributed by atoms with Gasteiger partial charge < -0.3 is 9.47 Å². The highest BCUT2D eigenvalue weighted by Crippen LogP contribution is 2.30. The molecule has 0 saturated carbocycles. The summed E-state index contributed by atoms with van der Waals surface area (Å²) in [5.74, 6) is 0.889. The minimum Gasteiger partial charge on any atom is -0.463 e.